The van der Waals surface area contributed by atoms with Crippen molar-refractivity contribution in [1.82, 2.24) is 14.7 Å². The van der Waals surface area contributed by atoms with Crippen LogP contribution in [0, 0.1) is 0 Å². The molecule has 0 saturated heterocycles. The van der Waals surface area contributed by atoms with Crippen LogP contribution in [0.5, 0.6) is 0 Å². The predicted molar refractivity (Wildman–Crippen MR) is 129 cm³/mol. The molecule has 176 valence electrons. The lowest BCUT2D eigenvalue weighted by Crippen LogP contribution is -2.40. The zero-order chi connectivity index (χ0) is 23.7. The standard InChI is InChI=1S/C24H35ClN4O3/c1-6-7-8-13-23(31)28(14-15-32-5)17-22(30)26-21-16-20(24(2,3)4)27-29(21)19-12-10-9-11-18(19)25/h9-12,16H,6-8,13-15,17H2,1-5H3,(H,26,30). The number of para-hydroxylation sites is 1. The summed E-state index contributed by atoms with van der Waals surface area (Å²) in [7, 11) is 1.58. The molecule has 0 aliphatic carbocycles. The molecule has 1 N–H and O–H groups in total. The Labute approximate surface area is 196 Å². The van der Waals surface area contributed by atoms with Crippen LogP contribution in [0.3, 0.4) is 0 Å². The first-order chi connectivity index (χ1) is 15.2. The van der Waals surface area contributed by atoms with E-state index >= 15 is 0 Å². The second-order valence-electron chi connectivity index (χ2n) is 8.84. The Balaban J connectivity index is 2.23. The van der Waals surface area contributed by atoms with Crippen molar-refractivity contribution in [3.8, 4) is 5.69 Å². The van der Waals surface area contributed by atoms with E-state index in [1.807, 2.05) is 24.3 Å². The molecule has 32 heavy (non-hydrogen) atoms. The second-order valence-corrected chi connectivity index (χ2v) is 9.25. The van der Waals surface area contributed by atoms with E-state index in [4.69, 9.17) is 21.4 Å². The number of amides is 2. The van der Waals surface area contributed by atoms with Gasteiger partial charge in [0.2, 0.25) is 11.8 Å². The first kappa shape index (κ1) is 25.9. The number of nitrogens with one attached hydrogen (secondary N) is 1. The van der Waals surface area contributed by atoms with Crippen molar-refractivity contribution in [3.63, 3.8) is 0 Å². The number of anilines is 1. The summed E-state index contributed by atoms with van der Waals surface area (Å²) in [5.74, 6) is 0.178. The third kappa shape index (κ3) is 7.35. The van der Waals surface area contributed by atoms with Gasteiger partial charge in [0, 0.05) is 31.6 Å². The summed E-state index contributed by atoms with van der Waals surface area (Å²) >= 11 is 6.39. The van der Waals surface area contributed by atoms with E-state index < -0.39 is 0 Å². The number of methoxy groups -OCH3 is 1. The number of aromatic nitrogens is 2. The van der Waals surface area contributed by atoms with Crippen LogP contribution >= 0.6 is 11.6 Å². The molecule has 1 aromatic heterocycles. The van der Waals surface area contributed by atoms with Crippen LogP contribution in [0.4, 0.5) is 5.82 Å². The van der Waals surface area contributed by atoms with Crippen LogP contribution in [0.25, 0.3) is 5.69 Å². The van der Waals surface area contributed by atoms with Gasteiger partial charge in [-0.25, -0.2) is 4.68 Å². The molecule has 0 fully saturated rings. The van der Waals surface area contributed by atoms with Gasteiger partial charge in [0.25, 0.3) is 0 Å². The molecule has 0 unspecified atom stereocenters. The SMILES string of the molecule is CCCCCC(=O)N(CCOC)CC(=O)Nc1cc(C(C)(C)C)nn1-c1ccccc1Cl. The number of carbonyl (C=O) groups excluding carboxylic acids is 2. The monoisotopic (exact) mass is 462 g/mol. The number of unbranched alkanes of at least 4 members (excludes halogenated alkanes) is 2. The fraction of sp³-hybridized carbons (Fsp3) is 0.542. The number of nitrogens with zero attached hydrogens (tertiary/aromatic N) is 3. The topological polar surface area (TPSA) is 76.5 Å². The summed E-state index contributed by atoms with van der Waals surface area (Å²) in [5.41, 5.74) is 1.28. The minimum absolute atomic E-state index is 0.0411. The smallest absolute Gasteiger partial charge is 0.245 e. The lowest BCUT2D eigenvalue weighted by molar-refractivity contribution is -0.135. The molecule has 0 radical (unpaired) electrons. The molecule has 1 heterocycles. The highest BCUT2D eigenvalue weighted by molar-refractivity contribution is 6.32. The van der Waals surface area contributed by atoms with Crippen molar-refractivity contribution in [3.05, 3.63) is 41.0 Å². The van der Waals surface area contributed by atoms with Crippen LogP contribution in [0.15, 0.2) is 30.3 Å². The number of rotatable bonds is 11. The molecule has 2 aromatic rings. The zero-order valence-electron chi connectivity index (χ0n) is 19.8. The molecule has 2 amide bonds. The third-order valence-corrected chi connectivity index (χ3v) is 5.39. The van der Waals surface area contributed by atoms with Gasteiger partial charge in [-0.05, 0) is 18.6 Å². The number of carbonyl (C=O) groups is 2. The number of hydrogen-bond acceptors (Lipinski definition) is 4. The lowest BCUT2D eigenvalue weighted by Gasteiger charge is -2.22. The minimum atomic E-state index is -0.293. The van der Waals surface area contributed by atoms with Gasteiger partial charge in [0.1, 0.15) is 5.82 Å². The largest absolute Gasteiger partial charge is 0.383 e. The van der Waals surface area contributed by atoms with Crippen LogP contribution in [-0.2, 0) is 19.7 Å². The second kappa shape index (κ2) is 12.0. The maximum Gasteiger partial charge on any atom is 0.245 e. The van der Waals surface area contributed by atoms with Gasteiger partial charge in [0.05, 0.1) is 29.6 Å². The maximum absolute atomic E-state index is 12.9. The van der Waals surface area contributed by atoms with E-state index in [2.05, 4.69) is 33.0 Å². The summed E-state index contributed by atoms with van der Waals surface area (Å²) in [6.07, 6.45) is 3.27. The van der Waals surface area contributed by atoms with E-state index in [0.29, 0.717) is 36.1 Å². The van der Waals surface area contributed by atoms with Gasteiger partial charge < -0.3 is 15.0 Å². The van der Waals surface area contributed by atoms with E-state index in [-0.39, 0.29) is 23.8 Å². The van der Waals surface area contributed by atoms with Gasteiger partial charge in [-0.1, -0.05) is 64.3 Å². The Bertz CT molecular complexity index is 905. The molecule has 0 atom stereocenters. The lowest BCUT2D eigenvalue weighted by atomic mass is 9.92. The van der Waals surface area contributed by atoms with Gasteiger partial charge >= 0.3 is 0 Å². The number of halogens is 1. The summed E-state index contributed by atoms with van der Waals surface area (Å²) < 4.78 is 6.77. The summed E-state index contributed by atoms with van der Waals surface area (Å²) in [5, 5.41) is 8.15. The fourth-order valence-corrected chi connectivity index (χ4v) is 3.39. The van der Waals surface area contributed by atoms with Crippen LogP contribution in [0.1, 0.15) is 59.1 Å². The Morgan fingerprint density at radius 3 is 2.56 bits per heavy atom. The van der Waals surface area contributed by atoms with Crippen molar-refractivity contribution in [2.24, 2.45) is 0 Å². The van der Waals surface area contributed by atoms with E-state index in [1.165, 1.54) is 0 Å². The zero-order valence-corrected chi connectivity index (χ0v) is 20.5. The molecule has 2 rings (SSSR count). The summed E-state index contributed by atoms with van der Waals surface area (Å²) in [6, 6.07) is 9.19. The highest BCUT2D eigenvalue weighted by Crippen LogP contribution is 2.29. The van der Waals surface area contributed by atoms with Crippen molar-refractivity contribution < 1.29 is 14.3 Å². The van der Waals surface area contributed by atoms with Crippen LogP contribution in [0.2, 0.25) is 5.02 Å². The molecule has 0 aliphatic rings. The summed E-state index contributed by atoms with van der Waals surface area (Å²) in [6.45, 7) is 8.95. The molecule has 8 heteroatoms. The first-order valence-electron chi connectivity index (χ1n) is 11.1. The number of hydrogen-bond donors (Lipinski definition) is 1. The quantitative estimate of drug-likeness (QED) is 0.486. The first-order valence-corrected chi connectivity index (χ1v) is 11.5. The number of benzene rings is 1. The van der Waals surface area contributed by atoms with E-state index in [9.17, 15) is 9.59 Å². The Morgan fingerprint density at radius 2 is 1.94 bits per heavy atom. The van der Waals surface area contributed by atoms with Crippen molar-refractivity contribution in [2.75, 3.05) is 32.1 Å². The normalized spacial score (nSPS) is 11.4. The summed E-state index contributed by atoms with van der Waals surface area (Å²) in [4.78, 5) is 27.1. The highest BCUT2D eigenvalue weighted by atomic mass is 35.5. The van der Waals surface area contributed by atoms with Gasteiger partial charge in [-0.3, -0.25) is 9.59 Å². The van der Waals surface area contributed by atoms with Gasteiger partial charge in [-0.15, -0.1) is 0 Å². The molecule has 0 saturated carbocycles. The molecular weight excluding hydrogens is 428 g/mol. The van der Waals surface area contributed by atoms with Gasteiger partial charge in [0.15, 0.2) is 0 Å². The average Bonchev–Trinajstić information content (AvgIpc) is 3.15. The van der Waals surface area contributed by atoms with Crippen molar-refractivity contribution in [2.45, 2.75) is 58.8 Å². The fourth-order valence-electron chi connectivity index (χ4n) is 3.18. The van der Waals surface area contributed by atoms with Crippen molar-refractivity contribution in [1.29, 1.82) is 0 Å². The molecule has 1 aromatic carbocycles. The Kier molecular flexibility index (Phi) is 9.72. The third-order valence-electron chi connectivity index (χ3n) is 5.07. The molecular formula is C24H35ClN4O3. The Hall–Kier alpha value is -2.38. The van der Waals surface area contributed by atoms with Crippen molar-refractivity contribution >= 4 is 29.2 Å². The predicted octanol–water partition coefficient (Wildman–Crippen LogP) is 4.82. The molecule has 7 nitrogen and oxygen atoms in total. The molecule has 0 aliphatic heterocycles. The maximum atomic E-state index is 12.9. The van der Waals surface area contributed by atoms with Gasteiger partial charge in [-0.2, -0.15) is 5.10 Å². The molecule has 0 spiro atoms. The Morgan fingerprint density at radius 1 is 1.22 bits per heavy atom. The highest BCUT2D eigenvalue weighted by Gasteiger charge is 2.23. The molecule has 0 bridgehead atoms. The minimum Gasteiger partial charge on any atom is -0.383 e. The van der Waals surface area contributed by atoms with Crippen LogP contribution in [-0.4, -0.2) is 53.3 Å². The van der Waals surface area contributed by atoms with E-state index in [0.717, 1.165) is 25.0 Å². The average molecular weight is 463 g/mol. The van der Waals surface area contributed by atoms with Crippen LogP contribution < -0.4 is 5.32 Å². The van der Waals surface area contributed by atoms with E-state index in [1.54, 1.807) is 22.8 Å². The number of ether oxygens (including phenoxy) is 1.